The van der Waals surface area contributed by atoms with Gasteiger partial charge in [0.2, 0.25) is 5.91 Å². The Balaban J connectivity index is 1.59. The molecule has 1 aliphatic carbocycles. The fraction of sp³-hybridized carbons (Fsp3) is 0.421. The molecule has 116 valence electrons. The van der Waals surface area contributed by atoms with Gasteiger partial charge in [0.1, 0.15) is 0 Å². The molecule has 3 rings (SSSR count). The van der Waals surface area contributed by atoms with E-state index in [0.29, 0.717) is 19.0 Å². The average molecular weight is 296 g/mol. The lowest BCUT2D eigenvalue weighted by molar-refractivity contribution is -0.125. The van der Waals surface area contributed by atoms with Crippen molar-refractivity contribution in [1.29, 1.82) is 0 Å². The van der Waals surface area contributed by atoms with Gasteiger partial charge in [0.25, 0.3) is 0 Å². The fourth-order valence-corrected chi connectivity index (χ4v) is 3.63. The fourth-order valence-electron chi connectivity index (χ4n) is 3.63. The zero-order valence-corrected chi connectivity index (χ0v) is 12.9. The average Bonchev–Trinajstić information content (AvgIpc) is 3.03. The molecule has 2 aromatic carbocycles. The number of nitrogens with two attached hydrogens (primary N) is 1. The van der Waals surface area contributed by atoms with Crippen molar-refractivity contribution in [2.75, 3.05) is 13.1 Å². The first kappa shape index (κ1) is 15.0. The summed E-state index contributed by atoms with van der Waals surface area (Å²) in [6.07, 6.45) is 4.08. The summed E-state index contributed by atoms with van der Waals surface area (Å²) in [4.78, 5) is 12.3. The lowest BCUT2D eigenvalue weighted by Gasteiger charge is -2.17. The normalized spacial score (nSPS) is 21.1. The largest absolute Gasteiger partial charge is 0.356 e. The van der Waals surface area contributed by atoms with Crippen LogP contribution >= 0.6 is 0 Å². The van der Waals surface area contributed by atoms with E-state index in [1.165, 1.54) is 16.3 Å². The van der Waals surface area contributed by atoms with Crippen LogP contribution in [0.1, 0.15) is 24.8 Å². The lowest BCUT2D eigenvalue weighted by Crippen LogP contribution is -2.36. The third-order valence-electron chi connectivity index (χ3n) is 4.87. The molecule has 0 spiro atoms. The van der Waals surface area contributed by atoms with Crippen LogP contribution in [0.2, 0.25) is 0 Å². The van der Waals surface area contributed by atoms with Gasteiger partial charge in [-0.25, -0.2) is 0 Å². The standard InChI is InChI=1S/C19H24N2O/c20-13-16-8-4-10-18(16)19(22)21-12-11-15-7-3-6-14-5-1-2-9-17(14)15/h1-3,5-7,9,16,18H,4,8,10-13,20H2,(H,21,22)/t16-,18-/m1/s1. The predicted octanol–water partition coefficient (Wildman–Crippen LogP) is 2.87. The molecule has 1 amide bonds. The Labute approximate surface area is 131 Å². The topological polar surface area (TPSA) is 55.1 Å². The number of rotatable bonds is 5. The second-order valence-electron chi connectivity index (χ2n) is 6.21. The van der Waals surface area contributed by atoms with Gasteiger partial charge in [-0.2, -0.15) is 0 Å². The molecule has 0 radical (unpaired) electrons. The third kappa shape index (κ3) is 3.14. The molecular weight excluding hydrogens is 272 g/mol. The first-order valence-electron chi connectivity index (χ1n) is 8.24. The highest BCUT2D eigenvalue weighted by Gasteiger charge is 2.31. The summed E-state index contributed by atoms with van der Waals surface area (Å²) in [7, 11) is 0. The van der Waals surface area contributed by atoms with Crippen molar-refractivity contribution >= 4 is 16.7 Å². The minimum atomic E-state index is 0.123. The molecule has 0 unspecified atom stereocenters. The molecule has 3 nitrogen and oxygen atoms in total. The highest BCUT2D eigenvalue weighted by atomic mass is 16.1. The van der Waals surface area contributed by atoms with E-state index < -0.39 is 0 Å². The number of hydrogen-bond donors (Lipinski definition) is 2. The van der Waals surface area contributed by atoms with E-state index in [0.717, 1.165) is 25.7 Å². The number of carbonyl (C=O) groups excluding carboxylic acids is 1. The number of carbonyl (C=O) groups is 1. The van der Waals surface area contributed by atoms with E-state index in [-0.39, 0.29) is 11.8 Å². The van der Waals surface area contributed by atoms with Crippen molar-refractivity contribution in [3.63, 3.8) is 0 Å². The monoisotopic (exact) mass is 296 g/mol. The maximum Gasteiger partial charge on any atom is 0.223 e. The smallest absolute Gasteiger partial charge is 0.223 e. The minimum absolute atomic E-state index is 0.123. The Morgan fingerprint density at radius 3 is 2.82 bits per heavy atom. The number of amides is 1. The van der Waals surface area contributed by atoms with Crippen LogP contribution in [0, 0.1) is 11.8 Å². The molecule has 0 aliphatic heterocycles. The summed E-state index contributed by atoms with van der Waals surface area (Å²) < 4.78 is 0. The second kappa shape index (κ2) is 6.93. The van der Waals surface area contributed by atoms with Crippen molar-refractivity contribution in [2.24, 2.45) is 17.6 Å². The quantitative estimate of drug-likeness (QED) is 0.891. The zero-order chi connectivity index (χ0) is 15.4. The van der Waals surface area contributed by atoms with Gasteiger partial charge in [0.05, 0.1) is 0 Å². The van der Waals surface area contributed by atoms with E-state index >= 15 is 0 Å². The summed E-state index contributed by atoms with van der Waals surface area (Å²) >= 11 is 0. The molecule has 3 N–H and O–H groups in total. The van der Waals surface area contributed by atoms with Gasteiger partial charge in [0, 0.05) is 12.5 Å². The minimum Gasteiger partial charge on any atom is -0.356 e. The number of benzene rings is 2. The molecular formula is C19H24N2O. The Morgan fingerprint density at radius 2 is 1.95 bits per heavy atom. The summed E-state index contributed by atoms with van der Waals surface area (Å²) in [5.41, 5.74) is 7.06. The van der Waals surface area contributed by atoms with Crippen LogP contribution in [0.5, 0.6) is 0 Å². The van der Waals surface area contributed by atoms with Crippen molar-refractivity contribution in [2.45, 2.75) is 25.7 Å². The summed E-state index contributed by atoms with van der Waals surface area (Å²) in [5.74, 6) is 0.684. The van der Waals surface area contributed by atoms with Crippen LogP contribution in [0.25, 0.3) is 10.8 Å². The van der Waals surface area contributed by atoms with Gasteiger partial charge in [-0.15, -0.1) is 0 Å². The predicted molar refractivity (Wildman–Crippen MR) is 90.5 cm³/mol. The van der Waals surface area contributed by atoms with Crippen LogP contribution in [-0.2, 0) is 11.2 Å². The van der Waals surface area contributed by atoms with Crippen LogP contribution in [0.4, 0.5) is 0 Å². The molecule has 22 heavy (non-hydrogen) atoms. The van der Waals surface area contributed by atoms with Crippen molar-refractivity contribution in [3.8, 4) is 0 Å². The Hall–Kier alpha value is -1.87. The molecule has 1 fully saturated rings. The number of hydrogen-bond acceptors (Lipinski definition) is 2. The van der Waals surface area contributed by atoms with Gasteiger partial charge in [0.15, 0.2) is 0 Å². The van der Waals surface area contributed by atoms with Crippen molar-refractivity contribution in [3.05, 3.63) is 48.0 Å². The van der Waals surface area contributed by atoms with Gasteiger partial charge in [-0.1, -0.05) is 48.9 Å². The maximum absolute atomic E-state index is 12.3. The number of fused-ring (bicyclic) bond motifs is 1. The van der Waals surface area contributed by atoms with Crippen LogP contribution in [0.3, 0.4) is 0 Å². The Bertz CT molecular complexity index is 647. The molecule has 2 aromatic rings. The maximum atomic E-state index is 12.3. The SMILES string of the molecule is NC[C@H]1CCC[C@H]1C(=O)NCCc1cccc2ccccc12. The zero-order valence-electron chi connectivity index (χ0n) is 12.9. The van der Waals surface area contributed by atoms with Gasteiger partial charge in [-0.05, 0) is 48.1 Å². The molecule has 0 saturated heterocycles. The molecule has 1 aliphatic rings. The lowest BCUT2D eigenvalue weighted by atomic mass is 9.95. The molecule has 1 saturated carbocycles. The molecule has 3 heteroatoms. The molecule has 0 aromatic heterocycles. The summed E-state index contributed by atoms with van der Waals surface area (Å²) in [6.45, 7) is 1.32. The summed E-state index contributed by atoms with van der Waals surface area (Å²) in [5, 5.41) is 5.64. The highest BCUT2D eigenvalue weighted by molar-refractivity contribution is 5.85. The van der Waals surface area contributed by atoms with E-state index in [9.17, 15) is 4.79 Å². The van der Waals surface area contributed by atoms with E-state index in [1.807, 2.05) is 0 Å². The second-order valence-corrected chi connectivity index (χ2v) is 6.21. The Kier molecular flexibility index (Phi) is 4.74. The van der Waals surface area contributed by atoms with Crippen molar-refractivity contribution < 1.29 is 4.79 Å². The van der Waals surface area contributed by atoms with E-state index in [4.69, 9.17) is 5.73 Å². The third-order valence-corrected chi connectivity index (χ3v) is 4.87. The van der Waals surface area contributed by atoms with E-state index in [1.54, 1.807) is 0 Å². The van der Waals surface area contributed by atoms with Crippen molar-refractivity contribution in [1.82, 2.24) is 5.32 Å². The van der Waals surface area contributed by atoms with Crippen LogP contribution < -0.4 is 11.1 Å². The van der Waals surface area contributed by atoms with Gasteiger partial charge in [-0.3, -0.25) is 4.79 Å². The van der Waals surface area contributed by atoms with E-state index in [2.05, 4.69) is 47.8 Å². The Morgan fingerprint density at radius 1 is 1.14 bits per heavy atom. The van der Waals surface area contributed by atoms with Gasteiger partial charge < -0.3 is 11.1 Å². The molecule has 0 heterocycles. The van der Waals surface area contributed by atoms with Crippen LogP contribution in [-0.4, -0.2) is 19.0 Å². The molecule has 0 bridgehead atoms. The van der Waals surface area contributed by atoms with Crippen LogP contribution in [0.15, 0.2) is 42.5 Å². The summed E-state index contributed by atoms with van der Waals surface area (Å²) in [6, 6.07) is 14.8. The number of nitrogens with one attached hydrogen (secondary N) is 1. The first-order valence-corrected chi connectivity index (χ1v) is 8.24. The highest BCUT2D eigenvalue weighted by Crippen LogP contribution is 2.30. The van der Waals surface area contributed by atoms with Gasteiger partial charge >= 0.3 is 0 Å². The molecule has 2 atom stereocenters. The first-order chi connectivity index (χ1) is 10.8.